The van der Waals surface area contributed by atoms with Gasteiger partial charge in [0.1, 0.15) is 0 Å². The van der Waals surface area contributed by atoms with E-state index in [1.165, 1.54) is 0 Å². The maximum atomic E-state index is 11.6. The Morgan fingerprint density at radius 3 is 3.07 bits per heavy atom. The zero-order valence-corrected chi connectivity index (χ0v) is 9.08. The predicted molar refractivity (Wildman–Crippen MR) is 55.2 cm³/mol. The van der Waals surface area contributed by atoms with Gasteiger partial charge >= 0.3 is 0 Å². The lowest BCUT2D eigenvalue weighted by Crippen LogP contribution is -2.47. The number of carbonyl (C=O) groups excluding carboxylic acids is 1. The number of nitrogens with one attached hydrogen (secondary N) is 1. The highest BCUT2D eigenvalue weighted by Gasteiger charge is 2.20. The fraction of sp³-hybridized carbons (Fsp3) is 0.900. The third-order valence-corrected chi connectivity index (χ3v) is 2.30. The number of hydrogen-bond acceptors (Lipinski definition) is 3. The smallest absolute Gasteiger partial charge is 0.236 e. The third kappa shape index (κ3) is 3.64. The summed E-state index contributed by atoms with van der Waals surface area (Å²) in [5, 5.41) is 3.11. The molecule has 1 heterocycles. The zero-order valence-electron chi connectivity index (χ0n) is 9.08. The molecule has 0 aromatic heterocycles. The molecule has 1 N–H and O–H groups in total. The highest BCUT2D eigenvalue weighted by Crippen LogP contribution is 2.03. The Morgan fingerprint density at radius 2 is 2.43 bits per heavy atom. The molecule has 1 atom stereocenters. The quantitative estimate of drug-likeness (QED) is 0.661. The van der Waals surface area contributed by atoms with Gasteiger partial charge in [-0.1, -0.05) is 6.92 Å². The first-order valence-electron chi connectivity index (χ1n) is 5.34. The lowest BCUT2D eigenvalue weighted by Gasteiger charge is -2.31. The van der Waals surface area contributed by atoms with E-state index in [2.05, 4.69) is 12.2 Å². The van der Waals surface area contributed by atoms with Crippen LogP contribution in [0.5, 0.6) is 0 Å². The molecule has 0 radical (unpaired) electrons. The van der Waals surface area contributed by atoms with Crippen LogP contribution in [0.1, 0.15) is 20.3 Å². The summed E-state index contributed by atoms with van der Waals surface area (Å²) in [6.45, 7) is 7.59. The van der Waals surface area contributed by atoms with E-state index in [9.17, 15) is 4.79 Å². The molecule has 1 unspecified atom stereocenters. The van der Waals surface area contributed by atoms with Crippen molar-refractivity contribution < 1.29 is 9.53 Å². The molecule has 1 aliphatic rings. The summed E-state index contributed by atoms with van der Waals surface area (Å²) in [4.78, 5) is 13.5. The number of rotatable bonds is 4. The molecular formula is C10H20N2O2. The summed E-state index contributed by atoms with van der Waals surface area (Å²) >= 11 is 0. The van der Waals surface area contributed by atoms with Crippen molar-refractivity contribution in [3.63, 3.8) is 0 Å². The standard InChI is InChI=1S/C10H20N2O2/c1-3-4-11-7-10(13)12-5-6-14-9(2)8-12/h9,11H,3-8H2,1-2H3. The van der Waals surface area contributed by atoms with Crippen molar-refractivity contribution in [2.75, 3.05) is 32.8 Å². The van der Waals surface area contributed by atoms with Crippen molar-refractivity contribution in [2.45, 2.75) is 26.4 Å². The van der Waals surface area contributed by atoms with E-state index >= 15 is 0 Å². The lowest BCUT2D eigenvalue weighted by atomic mass is 10.3. The third-order valence-electron chi connectivity index (χ3n) is 2.30. The highest BCUT2D eigenvalue weighted by molar-refractivity contribution is 5.78. The van der Waals surface area contributed by atoms with E-state index in [1.54, 1.807) is 0 Å². The Labute approximate surface area is 85.6 Å². The van der Waals surface area contributed by atoms with Crippen LogP contribution in [0.25, 0.3) is 0 Å². The maximum absolute atomic E-state index is 11.6. The minimum Gasteiger partial charge on any atom is -0.375 e. The van der Waals surface area contributed by atoms with Crippen LogP contribution in [0.3, 0.4) is 0 Å². The first kappa shape index (κ1) is 11.5. The fourth-order valence-electron chi connectivity index (χ4n) is 1.53. The molecule has 0 aliphatic carbocycles. The summed E-state index contributed by atoms with van der Waals surface area (Å²) in [6, 6.07) is 0. The minimum atomic E-state index is 0.180. The van der Waals surface area contributed by atoms with Gasteiger partial charge in [-0.15, -0.1) is 0 Å². The highest BCUT2D eigenvalue weighted by atomic mass is 16.5. The Bertz CT molecular complexity index is 185. The van der Waals surface area contributed by atoms with E-state index < -0.39 is 0 Å². The van der Waals surface area contributed by atoms with Gasteiger partial charge in [-0.25, -0.2) is 0 Å². The van der Waals surface area contributed by atoms with Crippen LogP contribution in [0.4, 0.5) is 0 Å². The van der Waals surface area contributed by atoms with Crippen molar-refractivity contribution >= 4 is 5.91 Å². The van der Waals surface area contributed by atoms with Crippen molar-refractivity contribution in [1.82, 2.24) is 10.2 Å². The molecule has 14 heavy (non-hydrogen) atoms. The maximum Gasteiger partial charge on any atom is 0.236 e. The van der Waals surface area contributed by atoms with E-state index in [4.69, 9.17) is 4.74 Å². The predicted octanol–water partition coefficient (Wildman–Crippen LogP) is 0.233. The Morgan fingerprint density at radius 1 is 1.64 bits per heavy atom. The van der Waals surface area contributed by atoms with E-state index in [0.29, 0.717) is 13.2 Å². The molecule has 4 heteroatoms. The number of ether oxygens (including phenoxy) is 1. The van der Waals surface area contributed by atoms with Gasteiger partial charge in [-0.3, -0.25) is 4.79 Å². The van der Waals surface area contributed by atoms with Gasteiger partial charge in [0.05, 0.1) is 19.3 Å². The van der Waals surface area contributed by atoms with Crippen LogP contribution in [0.15, 0.2) is 0 Å². The van der Waals surface area contributed by atoms with Crippen LogP contribution in [-0.2, 0) is 9.53 Å². The second-order valence-electron chi connectivity index (χ2n) is 3.70. The molecule has 0 bridgehead atoms. The van der Waals surface area contributed by atoms with Crippen molar-refractivity contribution in [1.29, 1.82) is 0 Å². The summed E-state index contributed by atoms with van der Waals surface area (Å²) in [5.41, 5.74) is 0. The topological polar surface area (TPSA) is 41.6 Å². The van der Waals surface area contributed by atoms with Gasteiger partial charge in [-0.2, -0.15) is 0 Å². The van der Waals surface area contributed by atoms with Gasteiger partial charge in [-0.05, 0) is 19.9 Å². The second kappa shape index (κ2) is 5.98. The fourth-order valence-corrected chi connectivity index (χ4v) is 1.53. The van der Waals surface area contributed by atoms with Crippen LogP contribution in [0.2, 0.25) is 0 Å². The first-order chi connectivity index (χ1) is 6.74. The molecule has 1 rings (SSSR count). The molecule has 1 saturated heterocycles. The molecule has 4 nitrogen and oxygen atoms in total. The van der Waals surface area contributed by atoms with E-state index in [1.807, 2.05) is 11.8 Å². The average molecular weight is 200 g/mol. The molecule has 1 aliphatic heterocycles. The molecule has 0 aromatic carbocycles. The van der Waals surface area contributed by atoms with Crippen molar-refractivity contribution in [2.24, 2.45) is 0 Å². The normalized spacial score (nSPS) is 22.4. The summed E-state index contributed by atoms with van der Waals surface area (Å²) in [6.07, 6.45) is 1.24. The summed E-state index contributed by atoms with van der Waals surface area (Å²) in [5.74, 6) is 0.189. The van der Waals surface area contributed by atoms with Gasteiger partial charge in [0.25, 0.3) is 0 Å². The minimum absolute atomic E-state index is 0.180. The number of carbonyl (C=O) groups is 1. The number of hydrogen-bond donors (Lipinski definition) is 1. The van der Waals surface area contributed by atoms with Crippen LogP contribution in [-0.4, -0.2) is 49.7 Å². The van der Waals surface area contributed by atoms with Gasteiger partial charge in [0.15, 0.2) is 0 Å². The second-order valence-corrected chi connectivity index (χ2v) is 3.70. The largest absolute Gasteiger partial charge is 0.375 e. The Balaban J connectivity index is 2.22. The summed E-state index contributed by atoms with van der Waals surface area (Å²) in [7, 11) is 0. The number of amides is 1. The van der Waals surface area contributed by atoms with Crippen LogP contribution in [0, 0.1) is 0 Å². The van der Waals surface area contributed by atoms with Crippen molar-refractivity contribution in [3.05, 3.63) is 0 Å². The Kier molecular flexibility index (Phi) is 4.90. The monoisotopic (exact) mass is 200 g/mol. The Hall–Kier alpha value is -0.610. The molecule has 1 fully saturated rings. The SMILES string of the molecule is CCCNCC(=O)N1CCOC(C)C1. The average Bonchev–Trinajstić information content (AvgIpc) is 2.18. The molecular weight excluding hydrogens is 180 g/mol. The lowest BCUT2D eigenvalue weighted by molar-refractivity contribution is -0.137. The molecule has 0 spiro atoms. The van der Waals surface area contributed by atoms with Crippen LogP contribution >= 0.6 is 0 Å². The molecule has 0 saturated carbocycles. The molecule has 82 valence electrons. The van der Waals surface area contributed by atoms with E-state index in [-0.39, 0.29) is 12.0 Å². The molecule has 0 aromatic rings. The van der Waals surface area contributed by atoms with E-state index in [0.717, 1.165) is 26.1 Å². The molecule has 1 amide bonds. The van der Waals surface area contributed by atoms with Crippen molar-refractivity contribution in [3.8, 4) is 0 Å². The zero-order chi connectivity index (χ0) is 10.4. The number of morpholine rings is 1. The van der Waals surface area contributed by atoms with Crippen LogP contribution < -0.4 is 5.32 Å². The van der Waals surface area contributed by atoms with Gasteiger partial charge < -0.3 is 15.0 Å². The van der Waals surface area contributed by atoms with Gasteiger partial charge in [0.2, 0.25) is 5.91 Å². The summed E-state index contributed by atoms with van der Waals surface area (Å²) < 4.78 is 5.37. The number of nitrogens with zero attached hydrogens (tertiary/aromatic N) is 1. The first-order valence-corrected chi connectivity index (χ1v) is 5.34. The van der Waals surface area contributed by atoms with Gasteiger partial charge in [0, 0.05) is 13.1 Å².